The Morgan fingerprint density at radius 2 is 2.11 bits per heavy atom. The van der Waals surface area contributed by atoms with Crippen LogP contribution in [0, 0.1) is 0 Å². The molecule has 1 atom stereocenters. The molecule has 1 saturated heterocycles. The third kappa shape index (κ3) is 2.65. The van der Waals surface area contributed by atoms with Crippen molar-refractivity contribution in [3.05, 3.63) is 59.0 Å². The van der Waals surface area contributed by atoms with Crippen LogP contribution >= 0.6 is 23.4 Å². The van der Waals surface area contributed by atoms with Crippen molar-refractivity contribution in [2.45, 2.75) is 11.9 Å². The van der Waals surface area contributed by atoms with Gasteiger partial charge in [-0.3, -0.25) is 4.79 Å². The van der Waals surface area contributed by atoms with Crippen LogP contribution in [0.4, 0.5) is 0 Å². The maximum absolute atomic E-state index is 12.0. The van der Waals surface area contributed by atoms with Gasteiger partial charge < -0.3 is 9.32 Å². The molecule has 3 rings (SSSR count). The minimum atomic E-state index is -0.0295. The molecule has 5 heteroatoms. The first-order valence-corrected chi connectivity index (χ1v) is 7.35. The molecule has 1 unspecified atom stereocenters. The zero-order valence-electron chi connectivity index (χ0n) is 10.1. The average Bonchev–Trinajstić information content (AvgIpc) is 3.03. The van der Waals surface area contributed by atoms with Crippen molar-refractivity contribution >= 4 is 29.3 Å². The van der Waals surface area contributed by atoms with Gasteiger partial charge in [-0.2, -0.15) is 0 Å². The van der Waals surface area contributed by atoms with Crippen LogP contribution in [0.1, 0.15) is 16.7 Å². The summed E-state index contributed by atoms with van der Waals surface area (Å²) in [4.78, 5) is 13.8. The van der Waals surface area contributed by atoms with Gasteiger partial charge in [-0.05, 0) is 29.8 Å². The van der Waals surface area contributed by atoms with E-state index in [1.807, 2.05) is 41.3 Å². The smallest absolute Gasteiger partial charge is 0.234 e. The number of amides is 1. The second-order valence-electron chi connectivity index (χ2n) is 4.33. The predicted octanol–water partition coefficient (Wildman–Crippen LogP) is 3.71. The minimum absolute atomic E-state index is 0.0295. The lowest BCUT2D eigenvalue weighted by atomic mass is 10.2. The topological polar surface area (TPSA) is 33.5 Å². The molecule has 0 aliphatic carbocycles. The Bertz CT molecular complexity index is 568. The highest BCUT2D eigenvalue weighted by molar-refractivity contribution is 8.00. The molecule has 19 heavy (non-hydrogen) atoms. The number of carbonyl (C=O) groups is 1. The van der Waals surface area contributed by atoms with E-state index in [2.05, 4.69) is 0 Å². The first kappa shape index (κ1) is 12.6. The van der Waals surface area contributed by atoms with Crippen molar-refractivity contribution in [1.29, 1.82) is 0 Å². The molecule has 0 N–H and O–H groups in total. The molecule has 1 aliphatic rings. The summed E-state index contributed by atoms with van der Waals surface area (Å²) >= 11 is 7.46. The van der Waals surface area contributed by atoms with Gasteiger partial charge >= 0.3 is 0 Å². The summed E-state index contributed by atoms with van der Waals surface area (Å²) in [6.45, 7) is 0.578. The van der Waals surface area contributed by atoms with E-state index in [4.69, 9.17) is 16.0 Å². The van der Waals surface area contributed by atoms with Gasteiger partial charge in [-0.25, -0.2) is 0 Å². The Labute approximate surface area is 120 Å². The second-order valence-corrected chi connectivity index (χ2v) is 5.83. The number of benzene rings is 1. The highest BCUT2D eigenvalue weighted by atomic mass is 35.5. The highest BCUT2D eigenvalue weighted by Crippen LogP contribution is 2.39. The van der Waals surface area contributed by atoms with Crippen LogP contribution in [0.2, 0.25) is 5.02 Å². The van der Waals surface area contributed by atoms with Crippen LogP contribution in [-0.2, 0) is 11.3 Å². The Kier molecular flexibility index (Phi) is 3.53. The van der Waals surface area contributed by atoms with Crippen molar-refractivity contribution in [2.75, 3.05) is 5.75 Å². The van der Waals surface area contributed by atoms with E-state index in [0.717, 1.165) is 11.3 Å². The third-order valence-electron chi connectivity index (χ3n) is 3.02. The summed E-state index contributed by atoms with van der Waals surface area (Å²) in [6, 6.07) is 11.3. The van der Waals surface area contributed by atoms with E-state index >= 15 is 0 Å². The van der Waals surface area contributed by atoms with Gasteiger partial charge in [0, 0.05) is 11.6 Å². The quantitative estimate of drug-likeness (QED) is 0.865. The summed E-state index contributed by atoms with van der Waals surface area (Å²) in [5.74, 6) is 1.46. The van der Waals surface area contributed by atoms with Gasteiger partial charge in [-0.15, -0.1) is 11.8 Å². The summed E-state index contributed by atoms with van der Waals surface area (Å²) in [5.41, 5.74) is 1.07. The molecule has 98 valence electrons. The predicted molar refractivity (Wildman–Crippen MR) is 75.9 cm³/mol. The lowest BCUT2D eigenvalue weighted by Crippen LogP contribution is -2.27. The molecule has 1 aromatic carbocycles. The van der Waals surface area contributed by atoms with E-state index in [9.17, 15) is 4.79 Å². The summed E-state index contributed by atoms with van der Waals surface area (Å²) in [6.07, 6.45) is 1.64. The molecule has 2 aromatic rings. The van der Waals surface area contributed by atoms with Gasteiger partial charge in [-0.1, -0.05) is 23.7 Å². The van der Waals surface area contributed by atoms with Crippen molar-refractivity contribution in [2.24, 2.45) is 0 Å². The average molecular weight is 294 g/mol. The standard InChI is InChI=1S/C14H12ClNO2S/c15-11-5-3-10(4-6-11)8-16-13(17)9-19-14(16)12-2-1-7-18-12/h1-7,14H,8-9H2. The normalized spacial score (nSPS) is 19.1. The lowest BCUT2D eigenvalue weighted by Gasteiger charge is -2.22. The largest absolute Gasteiger partial charge is 0.466 e. The monoisotopic (exact) mass is 293 g/mol. The SMILES string of the molecule is O=C1CSC(c2ccco2)N1Cc1ccc(Cl)cc1. The first-order valence-electron chi connectivity index (χ1n) is 5.93. The zero-order chi connectivity index (χ0) is 13.2. The maximum atomic E-state index is 12.0. The molecule has 1 fully saturated rings. The summed E-state index contributed by atoms with van der Waals surface area (Å²) < 4.78 is 5.42. The van der Waals surface area contributed by atoms with Crippen molar-refractivity contribution < 1.29 is 9.21 Å². The van der Waals surface area contributed by atoms with Crippen LogP contribution in [-0.4, -0.2) is 16.6 Å². The van der Waals surface area contributed by atoms with Crippen molar-refractivity contribution in [3.8, 4) is 0 Å². The number of carbonyl (C=O) groups excluding carboxylic acids is 1. The molecule has 0 spiro atoms. The van der Waals surface area contributed by atoms with E-state index < -0.39 is 0 Å². The summed E-state index contributed by atoms with van der Waals surface area (Å²) in [5, 5.41) is 0.673. The minimum Gasteiger partial charge on any atom is -0.466 e. The van der Waals surface area contributed by atoms with Crippen LogP contribution in [0.3, 0.4) is 0 Å². The Morgan fingerprint density at radius 1 is 1.32 bits per heavy atom. The molecule has 0 saturated carbocycles. The van der Waals surface area contributed by atoms with Crippen LogP contribution < -0.4 is 0 Å². The Hall–Kier alpha value is -1.39. The second kappa shape index (κ2) is 5.31. The number of nitrogens with zero attached hydrogens (tertiary/aromatic N) is 1. The third-order valence-corrected chi connectivity index (χ3v) is 4.49. The number of hydrogen-bond donors (Lipinski definition) is 0. The fourth-order valence-corrected chi connectivity index (χ4v) is 3.34. The van der Waals surface area contributed by atoms with E-state index in [1.54, 1.807) is 18.0 Å². The van der Waals surface area contributed by atoms with Crippen LogP contribution in [0.25, 0.3) is 0 Å². The number of thioether (sulfide) groups is 1. The number of furan rings is 1. The molecule has 3 nitrogen and oxygen atoms in total. The van der Waals surface area contributed by atoms with Gasteiger partial charge in [0.15, 0.2) is 0 Å². The molecule has 2 heterocycles. The van der Waals surface area contributed by atoms with Crippen molar-refractivity contribution in [3.63, 3.8) is 0 Å². The molecule has 1 aromatic heterocycles. The molecule has 1 amide bonds. The van der Waals surface area contributed by atoms with Gasteiger partial charge in [0.25, 0.3) is 0 Å². The van der Waals surface area contributed by atoms with Gasteiger partial charge in [0.05, 0.1) is 12.0 Å². The van der Waals surface area contributed by atoms with Gasteiger partial charge in [0.2, 0.25) is 5.91 Å². The lowest BCUT2D eigenvalue weighted by molar-refractivity contribution is -0.128. The van der Waals surface area contributed by atoms with E-state index in [1.165, 1.54) is 0 Å². The number of hydrogen-bond acceptors (Lipinski definition) is 3. The zero-order valence-corrected chi connectivity index (χ0v) is 11.7. The molecule has 0 bridgehead atoms. The maximum Gasteiger partial charge on any atom is 0.234 e. The fourth-order valence-electron chi connectivity index (χ4n) is 2.08. The number of rotatable bonds is 3. The first-order chi connectivity index (χ1) is 9.24. The highest BCUT2D eigenvalue weighted by Gasteiger charge is 2.34. The van der Waals surface area contributed by atoms with E-state index in [-0.39, 0.29) is 11.3 Å². The van der Waals surface area contributed by atoms with Crippen LogP contribution in [0.15, 0.2) is 47.1 Å². The Balaban J connectivity index is 1.81. The molecule has 0 radical (unpaired) electrons. The van der Waals surface area contributed by atoms with Crippen LogP contribution in [0.5, 0.6) is 0 Å². The van der Waals surface area contributed by atoms with E-state index in [0.29, 0.717) is 17.3 Å². The fraction of sp³-hybridized carbons (Fsp3) is 0.214. The number of halogens is 1. The Morgan fingerprint density at radius 3 is 2.79 bits per heavy atom. The molecular weight excluding hydrogens is 282 g/mol. The molecular formula is C14H12ClNO2S. The van der Waals surface area contributed by atoms with Gasteiger partial charge in [0.1, 0.15) is 11.1 Å². The molecule has 1 aliphatic heterocycles. The summed E-state index contributed by atoms with van der Waals surface area (Å²) in [7, 11) is 0. The van der Waals surface area contributed by atoms with Crippen molar-refractivity contribution in [1.82, 2.24) is 4.90 Å².